The third-order valence-electron chi connectivity index (χ3n) is 4.17. The fraction of sp³-hybridized carbons (Fsp3) is 0.800. The van der Waals surface area contributed by atoms with Crippen molar-refractivity contribution in [2.24, 2.45) is 0 Å². The normalized spacial score (nSPS) is 54.5. The van der Waals surface area contributed by atoms with Gasteiger partial charge in [-0.05, 0) is 0 Å². The first kappa shape index (κ1) is 6.47. The molecule has 2 radical (unpaired) electrons. The van der Waals surface area contributed by atoms with E-state index in [9.17, 15) is 0 Å². The van der Waals surface area contributed by atoms with Gasteiger partial charge in [-0.3, -0.25) is 0 Å². The number of hydrogen-bond acceptors (Lipinski definition) is 0. The maximum absolute atomic E-state index is 2.60. The maximum atomic E-state index is 2.60. The summed E-state index contributed by atoms with van der Waals surface area (Å²) in [5.74, 6) is 0. The van der Waals surface area contributed by atoms with Crippen molar-refractivity contribution in [2.45, 2.75) is 37.6 Å². The van der Waals surface area contributed by atoms with Gasteiger partial charge in [-0.15, -0.1) is 0 Å². The molecule has 3 aliphatic heterocycles. The van der Waals surface area contributed by atoms with Crippen LogP contribution in [0.1, 0.15) is 32.1 Å². The smallest absolute Gasteiger partial charge is 0.142 e. The van der Waals surface area contributed by atoms with E-state index in [0.717, 1.165) is 0 Å². The van der Waals surface area contributed by atoms with Crippen LogP contribution < -0.4 is 0 Å². The lowest BCUT2D eigenvalue weighted by molar-refractivity contribution is -0.910. The van der Waals surface area contributed by atoms with E-state index in [2.05, 4.69) is 13.0 Å². The summed E-state index contributed by atoms with van der Waals surface area (Å²) >= 11 is 0. The average Bonchev–Trinajstić information content (AvgIpc) is 2.40. The van der Waals surface area contributed by atoms with Gasteiger partial charge in [0.2, 0.25) is 0 Å². The van der Waals surface area contributed by atoms with Crippen molar-refractivity contribution in [3.63, 3.8) is 0 Å². The third-order valence-corrected chi connectivity index (χ3v) is 4.17. The molecule has 3 rings (SSSR count). The molecule has 1 heteroatoms. The van der Waals surface area contributed by atoms with Gasteiger partial charge >= 0.3 is 0 Å². The van der Waals surface area contributed by atoms with Crippen molar-refractivity contribution in [3.05, 3.63) is 13.0 Å². The maximum Gasteiger partial charge on any atom is 0.142 e. The molecule has 0 N–H and O–H groups in total. The summed E-state index contributed by atoms with van der Waals surface area (Å²) in [5, 5.41) is 0. The van der Waals surface area contributed by atoms with Crippen LogP contribution in [0.3, 0.4) is 0 Å². The Balaban J connectivity index is 2.06. The monoisotopic (exact) mass is 150 g/mol. The fourth-order valence-electron chi connectivity index (χ4n) is 3.69. The lowest BCUT2D eigenvalue weighted by atomic mass is 9.91. The van der Waals surface area contributed by atoms with E-state index in [4.69, 9.17) is 0 Å². The molecule has 0 aromatic rings. The summed E-state index contributed by atoms with van der Waals surface area (Å²) in [4.78, 5) is 0. The van der Waals surface area contributed by atoms with Crippen LogP contribution in [0.25, 0.3) is 0 Å². The van der Waals surface area contributed by atoms with Gasteiger partial charge in [0, 0.05) is 38.5 Å². The van der Waals surface area contributed by atoms with Crippen LogP contribution >= 0.6 is 0 Å². The van der Waals surface area contributed by atoms with E-state index in [-0.39, 0.29) is 0 Å². The van der Waals surface area contributed by atoms with E-state index in [1.54, 1.807) is 0 Å². The quantitative estimate of drug-likeness (QED) is 0.463. The zero-order valence-electron chi connectivity index (χ0n) is 7.05. The van der Waals surface area contributed by atoms with E-state index in [0.29, 0.717) is 5.54 Å². The van der Waals surface area contributed by atoms with E-state index in [1.807, 2.05) is 0 Å². The summed E-state index contributed by atoms with van der Waals surface area (Å²) in [6.45, 7) is 5.45. The highest BCUT2D eigenvalue weighted by Gasteiger charge is 2.61. The molecule has 0 spiro atoms. The fourth-order valence-corrected chi connectivity index (χ4v) is 3.69. The van der Waals surface area contributed by atoms with Gasteiger partial charge < -0.3 is 4.48 Å². The standard InChI is InChI=1S/C10H16N/c1-4-10-5-2-8-11(10,7-1)9-3-6-10/h4,7H,1-3,5-6,8-9H2/q+1. The van der Waals surface area contributed by atoms with Crippen molar-refractivity contribution >= 4 is 0 Å². The summed E-state index contributed by atoms with van der Waals surface area (Å²) < 4.78 is 1.38. The molecule has 3 heterocycles. The van der Waals surface area contributed by atoms with Crippen LogP contribution in [-0.2, 0) is 0 Å². The lowest BCUT2D eigenvalue weighted by Gasteiger charge is -2.36. The molecule has 1 nitrogen and oxygen atoms in total. The molecule has 0 amide bonds. The predicted octanol–water partition coefficient (Wildman–Crippen LogP) is 1.90. The third kappa shape index (κ3) is 0.581. The molecule has 0 bridgehead atoms. The molecule has 0 saturated carbocycles. The van der Waals surface area contributed by atoms with Crippen LogP contribution in [0.15, 0.2) is 0 Å². The molecular formula is C10H16N+. The van der Waals surface area contributed by atoms with Gasteiger partial charge in [0.25, 0.3) is 0 Å². The molecule has 0 atom stereocenters. The molecule has 3 fully saturated rings. The van der Waals surface area contributed by atoms with Crippen LogP contribution in [-0.4, -0.2) is 23.1 Å². The summed E-state index contributed by atoms with van der Waals surface area (Å²) in [6, 6.07) is 0. The molecule has 11 heavy (non-hydrogen) atoms. The first-order chi connectivity index (χ1) is 5.37. The van der Waals surface area contributed by atoms with Gasteiger partial charge in [-0.2, -0.15) is 0 Å². The first-order valence-corrected chi connectivity index (χ1v) is 4.93. The van der Waals surface area contributed by atoms with E-state index in [1.165, 1.54) is 49.7 Å². The van der Waals surface area contributed by atoms with Gasteiger partial charge in [0.15, 0.2) is 0 Å². The highest BCUT2D eigenvalue weighted by Crippen LogP contribution is 2.54. The Morgan fingerprint density at radius 2 is 1.82 bits per heavy atom. The number of nitrogens with zero attached hydrogens (tertiary/aromatic N) is 1. The summed E-state index contributed by atoms with van der Waals surface area (Å²) in [6.07, 6.45) is 9.76. The van der Waals surface area contributed by atoms with Crippen molar-refractivity contribution < 1.29 is 4.48 Å². The SMILES string of the molecule is [CH]1C[CH][N+]23CCCC12CCC3. The topological polar surface area (TPSA) is 0 Å². The number of quaternary nitrogens is 1. The van der Waals surface area contributed by atoms with Crippen molar-refractivity contribution in [3.8, 4) is 0 Å². The van der Waals surface area contributed by atoms with Gasteiger partial charge in [-0.25, -0.2) is 0 Å². The largest absolute Gasteiger partial charge is 0.311 e. The summed E-state index contributed by atoms with van der Waals surface area (Å²) in [7, 11) is 0. The van der Waals surface area contributed by atoms with Crippen molar-refractivity contribution in [1.82, 2.24) is 0 Å². The number of rotatable bonds is 0. The zero-order chi connectivity index (χ0) is 7.36. The molecule has 0 unspecified atom stereocenters. The second kappa shape index (κ2) is 1.82. The van der Waals surface area contributed by atoms with E-state index >= 15 is 0 Å². The second-order valence-corrected chi connectivity index (χ2v) is 4.41. The molecule has 0 aromatic carbocycles. The first-order valence-electron chi connectivity index (χ1n) is 4.93. The molecular weight excluding hydrogens is 134 g/mol. The highest BCUT2D eigenvalue weighted by molar-refractivity contribution is 5.08. The molecule has 0 aromatic heterocycles. The highest BCUT2D eigenvalue weighted by atomic mass is 15.5. The molecule has 3 aliphatic rings. The summed E-state index contributed by atoms with van der Waals surface area (Å²) in [5.41, 5.74) is 0.653. The Kier molecular flexibility index (Phi) is 1.07. The molecule has 0 aliphatic carbocycles. The predicted molar refractivity (Wildman–Crippen MR) is 44.4 cm³/mol. The van der Waals surface area contributed by atoms with Crippen LogP contribution in [0.5, 0.6) is 0 Å². The molecule has 60 valence electrons. The Bertz CT molecular complexity index is 138. The second-order valence-electron chi connectivity index (χ2n) is 4.41. The Morgan fingerprint density at radius 1 is 1.09 bits per heavy atom. The molecule has 3 saturated heterocycles. The van der Waals surface area contributed by atoms with Gasteiger partial charge in [0.05, 0.1) is 13.1 Å². The van der Waals surface area contributed by atoms with Crippen LogP contribution in [0.2, 0.25) is 0 Å². The van der Waals surface area contributed by atoms with Crippen molar-refractivity contribution in [2.75, 3.05) is 13.1 Å². The average molecular weight is 150 g/mol. The Labute approximate surface area is 69.0 Å². The van der Waals surface area contributed by atoms with Gasteiger partial charge in [-0.1, -0.05) is 0 Å². The minimum atomic E-state index is 0.653. The van der Waals surface area contributed by atoms with Gasteiger partial charge in [0.1, 0.15) is 12.1 Å². The minimum Gasteiger partial charge on any atom is -0.311 e. The van der Waals surface area contributed by atoms with E-state index < -0.39 is 0 Å². The zero-order valence-corrected chi connectivity index (χ0v) is 7.05. The Hall–Kier alpha value is -0.0400. The van der Waals surface area contributed by atoms with Crippen LogP contribution in [0.4, 0.5) is 0 Å². The lowest BCUT2D eigenvalue weighted by Crippen LogP contribution is -2.49. The van der Waals surface area contributed by atoms with Crippen LogP contribution in [0, 0.1) is 13.0 Å². The van der Waals surface area contributed by atoms with Crippen molar-refractivity contribution in [1.29, 1.82) is 0 Å². The number of hydrogen-bond donors (Lipinski definition) is 0. The minimum absolute atomic E-state index is 0.653. The Morgan fingerprint density at radius 3 is 2.45 bits per heavy atom.